The number of nitrogens with zero attached hydrogens (tertiary/aromatic N) is 2. The van der Waals surface area contributed by atoms with E-state index in [1.165, 1.54) is 15.4 Å². The highest BCUT2D eigenvalue weighted by molar-refractivity contribution is 7.99. The van der Waals surface area contributed by atoms with Crippen LogP contribution in [0.1, 0.15) is 18.1 Å². The predicted octanol–water partition coefficient (Wildman–Crippen LogP) is 6.04. The van der Waals surface area contributed by atoms with Gasteiger partial charge >= 0.3 is 0 Å². The van der Waals surface area contributed by atoms with E-state index in [-0.39, 0.29) is 0 Å². The summed E-state index contributed by atoms with van der Waals surface area (Å²) in [4.78, 5) is 9.45. The van der Waals surface area contributed by atoms with Gasteiger partial charge in [0.15, 0.2) is 0 Å². The summed E-state index contributed by atoms with van der Waals surface area (Å²) in [6, 6.07) is 27.4. The van der Waals surface area contributed by atoms with E-state index in [4.69, 9.17) is 4.99 Å². The summed E-state index contributed by atoms with van der Waals surface area (Å²) >= 11 is 1.77. The Morgan fingerprint density at radius 2 is 1.50 bits per heavy atom. The first-order chi connectivity index (χ1) is 12.7. The van der Waals surface area contributed by atoms with E-state index in [1.807, 2.05) is 20.2 Å². The van der Waals surface area contributed by atoms with Gasteiger partial charge in [0.25, 0.3) is 0 Å². The Balaban J connectivity index is 1.99. The first kappa shape index (κ1) is 18.3. The van der Waals surface area contributed by atoms with Crippen LogP contribution >= 0.6 is 11.8 Å². The summed E-state index contributed by atoms with van der Waals surface area (Å²) < 4.78 is 0. The second kappa shape index (κ2) is 8.72. The molecule has 26 heavy (non-hydrogen) atoms. The molecule has 0 heterocycles. The maximum atomic E-state index is 4.94. The van der Waals surface area contributed by atoms with Crippen molar-refractivity contribution in [3.63, 3.8) is 0 Å². The molecule has 0 unspecified atom stereocenters. The molecule has 0 aliphatic rings. The van der Waals surface area contributed by atoms with Crippen LogP contribution < -0.4 is 0 Å². The van der Waals surface area contributed by atoms with Gasteiger partial charge in [-0.15, -0.1) is 0 Å². The van der Waals surface area contributed by atoms with Gasteiger partial charge in [-0.25, -0.2) is 4.99 Å². The fourth-order valence-electron chi connectivity index (χ4n) is 2.69. The Hall–Kier alpha value is -2.52. The van der Waals surface area contributed by atoms with Crippen molar-refractivity contribution in [2.45, 2.75) is 23.1 Å². The van der Waals surface area contributed by atoms with Gasteiger partial charge in [-0.2, -0.15) is 0 Å². The molecule has 0 radical (unpaired) electrons. The Morgan fingerprint density at radius 3 is 2.15 bits per heavy atom. The number of aliphatic imine (C=N–C) groups is 1. The second-order valence-corrected chi connectivity index (χ2v) is 7.38. The molecule has 0 bridgehead atoms. The molecule has 0 saturated heterocycles. The van der Waals surface area contributed by atoms with E-state index in [1.54, 1.807) is 11.8 Å². The van der Waals surface area contributed by atoms with E-state index < -0.39 is 0 Å². The molecule has 0 amide bonds. The van der Waals surface area contributed by atoms with Crippen molar-refractivity contribution in [2.75, 3.05) is 14.1 Å². The van der Waals surface area contributed by atoms with Gasteiger partial charge in [0, 0.05) is 29.4 Å². The summed E-state index contributed by atoms with van der Waals surface area (Å²) in [6.45, 7) is 2.17. The SMILES string of the molecule is CCc1ccc(N=C(c2ccccc2Sc2ccccc2)N(C)C)cc1. The van der Waals surface area contributed by atoms with Crippen LogP contribution in [0.5, 0.6) is 0 Å². The van der Waals surface area contributed by atoms with Crippen LogP contribution in [0.25, 0.3) is 0 Å². The lowest BCUT2D eigenvalue weighted by molar-refractivity contribution is 0.622. The van der Waals surface area contributed by atoms with Gasteiger partial charge in [0.1, 0.15) is 5.84 Å². The molecule has 3 heteroatoms. The monoisotopic (exact) mass is 360 g/mol. The van der Waals surface area contributed by atoms with Gasteiger partial charge in [0.05, 0.1) is 5.69 Å². The highest BCUT2D eigenvalue weighted by atomic mass is 32.2. The maximum Gasteiger partial charge on any atom is 0.137 e. The molecular formula is C23H24N2S. The number of rotatable bonds is 5. The molecular weight excluding hydrogens is 336 g/mol. The fourth-order valence-corrected chi connectivity index (χ4v) is 3.65. The van der Waals surface area contributed by atoms with E-state index in [0.29, 0.717) is 0 Å². The van der Waals surface area contributed by atoms with Crippen molar-refractivity contribution in [2.24, 2.45) is 4.99 Å². The van der Waals surface area contributed by atoms with E-state index in [9.17, 15) is 0 Å². The first-order valence-corrected chi connectivity index (χ1v) is 9.66. The Labute approximate surface area is 160 Å². The predicted molar refractivity (Wildman–Crippen MR) is 113 cm³/mol. The quantitative estimate of drug-likeness (QED) is 0.407. The zero-order valence-corrected chi connectivity index (χ0v) is 16.3. The first-order valence-electron chi connectivity index (χ1n) is 8.84. The summed E-state index contributed by atoms with van der Waals surface area (Å²) in [7, 11) is 4.09. The molecule has 0 aliphatic heterocycles. The Bertz CT molecular complexity index is 868. The molecule has 0 spiro atoms. The molecule has 132 valence electrons. The van der Waals surface area contributed by atoms with Crippen LogP contribution in [0.15, 0.2) is 93.6 Å². The van der Waals surface area contributed by atoms with Crippen molar-refractivity contribution in [1.29, 1.82) is 0 Å². The normalized spacial score (nSPS) is 11.4. The standard InChI is InChI=1S/C23H24N2S/c1-4-18-14-16-19(17-15-18)24-23(25(2)3)21-12-8-9-13-22(21)26-20-10-6-5-7-11-20/h5-17H,4H2,1-3H3. The average molecular weight is 361 g/mol. The third kappa shape index (κ3) is 4.55. The number of amidine groups is 1. The van der Waals surface area contributed by atoms with E-state index in [0.717, 1.165) is 23.5 Å². The topological polar surface area (TPSA) is 15.6 Å². The summed E-state index contributed by atoms with van der Waals surface area (Å²) in [5, 5.41) is 0. The lowest BCUT2D eigenvalue weighted by Gasteiger charge is -2.19. The molecule has 0 N–H and O–H groups in total. The van der Waals surface area contributed by atoms with Crippen LogP contribution in [-0.2, 0) is 6.42 Å². The number of aryl methyl sites for hydroxylation is 1. The molecule has 2 nitrogen and oxygen atoms in total. The van der Waals surface area contributed by atoms with Crippen LogP contribution in [0, 0.1) is 0 Å². The van der Waals surface area contributed by atoms with Crippen LogP contribution in [-0.4, -0.2) is 24.8 Å². The average Bonchev–Trinajstić information content (AvgIpc) is 2.68. The molecule has 0 saturated carbocycles. The van der Waals surface area contributed by atoms with Crippen LogP contribution in [0.4, 0.5) is 5.69 Å². The zero-order valence-electron chi connectivity index (χ0n) is 15.5. The third-order valence-electron chi connectivity index (χ3n) is 4.10. The summed E-state index contributed by atoms with van der Waals surface area (Å²) in [5.41, 5.74) is 3.45. The maximum absolute atomic E-state index is 4.94. The van der Waals surface area contributed by atoms with Crippen molar-refractivity contribution in [1.82, 2.24) is 4.90 Å². The van der Waals surface area contributed by atoms with E-state index in [2.05, 4.69) is 84.6 Å². The van der Waals surface area contributed by atoms with Gasteiger partial charge < -0.3 is 4.90 Å². The third-order valence-corrected chi connectivity index (χ3v) is 5.19. The molecule has 0 atom stereocenters. The van der Waals surface area contributed by atoms with Crippen LogP contribution in [0.2, 0.25) is 0 Å². The van der Waals surface area contributed by atoms with Gasteiger partial charge in [-0.3, -0.25) is 0 Å². The van der Waals surface area contributed by atoms with Gasteiger partial charge in [-0.1, -0.05) is 67.2 Å². The Morgan fingerprint density at radius 1 is 0.846 bits per heavy atom. The van der Waals surface area contributed by atoms with Crippen molar-refractivity contribution >= 4 is 23.3 Å². The minimum Gasteiger partial charge on any atom is -0.362 e. The number of benzene rings is 3. The molecule has 3 rings (SSSR count). The largest absolute Gasteiger partial charge is 0.362 e. The van der Waals surface area contributed by atoms with Crippen molar-refractivity contribution in [3.05, 3.63) is 90.0 Å². The second-order valence-electron chi connectivity index (χ2n) is 6.26. The van der Waals surface area contributed by atoms with E-state index >= 15 is 0 Å². The van der Waals surface area contributed by atoms with Crippen molar-refractivity contribution < 1.29 is 0 Å². The lowest BCUT2D eigenvalue weighted by atomic mass is 10.1. The van der Waals surface area contributed by atoms with Crippen molar-refractivity contribution in [3.8, 4) is 0 Å². The molecule has 0 aromatic heterocycles. The van der Waals surface area contributed by atoms with Gasteiger partial charge in [-0.05, 0) is 42.3 Å². The highest BCUT2D eigenvalue weighted by Crippen LogP contribution is 2.31. The molecule has 0 fully saturated rings. The number of hydrogen-bond acceptors (Lipinski definition) is 2. The summed E-state index contributed by atoms with van der Waals surface area (Å²) in [5.74, 6) is 0.966. The number of hydrogen-bond donors (Lipinski definition) is 0. The minimum atomic E-state index is 0.966. The molecule has 0 aliphatic carbocycles. The summed E-state index contributed by atoms with van der Waals surface area (Å²) in [6.07, 6.45) is 1.04. The van der Waals surface area contributed by atoms with Gasteiger partial charge in [0.2, 0.25) is 0 Å². The fraction of sp³-hybridized carbons (Fsp3) is 0.174. The Kier molecular flexibility index (Phi) is 6.13. The highest BCUT2D eigenvalue weighted by Gasteiger charge is 2.12. The van der Waals surface area contributed by atoms with Crippen LogP contribution in [0.3, 0.4) is 0 Å². The molecule has 3 aromatic carbocycles. The molecule has 3 aromatic rings. The smallest absolute Gasteiger partial charge is 0.137 e. The lowest BCUT2D eigenvalue weighted by Crippen LogP contribution is -2.23. The zero-order chi connectivity index (χ0) is 18.4. The minimum absolute atomic E-state index is 0.966.